The van der Waals surface area contributed by atoms with Crippen molar-refractivity contribution in [3.8, 4) is 0 Å². The summed E-state index contributed by atoms with van der Waals surface area (Å²) in [6.07, 6.45) is 4.49. The van der Waals surface area contributed by atoms with Crippen LogP contribution in [0.25, 0.3) is 0 Å². The van der Waals surface area contributed by atoms with Crippen molar-refractivity contribution in [2.45, 2.75) is 32.6 Å². The molecule has 15 heteroatoms. The molecule has 0 saturated heterocycles. The minimum Gasteiger partial charge on any atom is -0.463 e. The molecule has 0 saturated carbocycles. The molecule has 0 aliphatic carbocycles. The van der Waals surface area contributed by atoms with Gasteiger partial charge in [0.1, 0.15) is 6.61 Å². The van der Waals surface area contributed by atoms with E-state index in [9.17, 15) is 4.79 Å². The smallest absolute Gasteiger partial charge is 0.302 e. The van der Waals surface area contributed by atoms with Gasteiger partial charge in [0.15, 0.2) is 0 Å². The van der Waals surface area contributed by atoms with Gasteiger partial charge in [-0.25, -0.2) is 0 Å². The van der Waals surface area contributed by atoms with Gasteiger partial charge >= 0.3 is 5.97 Å². The van der Waals surface area contributed by atoms with E-state index in [-0.39, 0.29) is 12.6 Å². The maximum atomic E-state index is 10.6. The fraction of sp³-hybridized carbons (Fsp3) is 0.969. The minimum atomic E-state index is -0.311. The van der Waals surface area contributed by atoms with Gasteiger partial charge in [-0.1, -0.05) is 12.8 Å². The molecule has 0 unspecified atom stereocenters. The Morgan fingerprint density at radius 3 is 0.766 bits per heavy atom. The van der Waals surface area contributed by atoms with Gasteiger partial charge in [-0.05, 0) is 12.8 Å². The lowest BCUT2D eigenvalue weighted by atomic mass is 10.2. The molecule has 0 aliphatic heterocycles. The first-order chi connectivity index (χ1) is 23.3. The summed E-state index contributed by atoms with van der Waals surface area (Å²) >= 11 is 5.65. The zero-order chi connectivity index (χ0) is 34.0. The number of carbonyl (C=O) groups is 1. The number of esters is 1. The Bertz CT molecular complexity index is 594. The molecule has 0 N–H and O–H groups in total. The lowest BCUT2D eigenvalue weighted by Gasteiger charge is -2.09. The van der Waals surface area contributed by atoms with Crippen LogP contribution in [0.3, 0.4) is 0 Å². The van der Waals surface area contributed by atoms with Crippen molar-refractivity contribution in [2.75, 3.05) is 171 Å². The molecule has 0 atom stereocenters. The van der Waals surface area contributed by atoms with Gasteiger partial charge in [0.2, 0.25) is 0 Å². The number of hydrogen-bond donors (Lipinski definition) is 0. The van der Waals surface area contributed by atoms with Crippen molar-refractivity contribution in [1.82, 2.24) is 0 Å². The van der Waals surface area contributed by atoms with Crippen molar-refractivity contribution in [3.05, 3.63) is 0 Å². The minimum absolute atomic E-state index is 0.257. The highest BCUT2D eigenvalue weighted by atomic mass is 35.5. The zero-order valence-electron chi connectivity index (χ0n) is 28.8. The van der Waals surface area contributed by atoms with Crippen LogP contribution in [0.15, 0.2) is 0 Å². The molecule has 14 nitrogen and oxygen atoms in total. The average Bonchev–Trinajstić information content (AvgIpc) is 3.07. The van der Waals surface area contributed by atoms with Gasteiger partial charge in [-0.15, -0.1) is 11.6 Å². The van der Waals surface area contributed by atoms with Crippen LogP contribution in [0.4, 0.5) is 0 Å². The first kappa shape index (κ1) is 46.3. The Balaban J connectivity index is 3.04. The molecule has 0 amide bonds. The SMILES string of the molecule is CC(=O)OCCOCCOCCOCCOCCOCCOCCOCCOCCOCCOCCOCCOCCCCCCCl. The van der Waals surface area contributed by atoms with E-state index < -0.39 is 0 Å². The second-order valence-electron chi connectivity index (χ2n) is 9.79. The topological polar surface area (TPSA) is 137 Å². The van der Waals surface area contributed by atoms with Crippen molar-refractivity contribution < 1.29 is 66.4 Å². The van der Waals surface area contributed by atoms with E-state index in [1.807, 2.05) is 0 Å². The molecule has 0 bridgehead atoms. The Morgan fingerprint density at radius 1 is 0.319 bits per heavy atom. The number of carbonyl (C=O) groups excluding carboxylic acids is 1. The van der Waals surface area contributed by atoms with Gasteiger partial charge in [-0.3, -0.25) is 4.79 Å². The fourth-order valence-corrected chi connectivity index (χ4v) is 3.61. The predicted octanol–water partition coefficient (Wildman–Crippen LogP) is 2.55. The van der Waals surface area contributed by atoms with E-state index in [4.69, 9.17) is 73.2 Å². The first-order valence-electron chi connectivity index (χ1n) is 16.9. The Morgan fingerprint density at radius 2 is 0.532 bits per heavy atom. The average molecular weight is 707 g/mol. The predicted molar refractivity (Wildman–Crippen MR) is 176 cm³/mol. The van der Waals surface area contributed by atoms with E-state index >= 15 is 0 Å². The number of rotatable bonds is 42. The van der Waals surface area contributed by atoms with Gasteiger partial charge in [0.25, 0.3) is 0 Å². The maximum Gasteiger partial charge on any atom is 0.302 e. The van der Waals surface area contributed by atoms with Gasteiger partial charge in [-0.2, -0.15) is 0 Å². The summed E-state index contributed by atoms with van der Waals surface area (Å²) in [4.78, 5) is 10.6. The van der Waals surface area contributed by atoms with Crippen molar-refractivity contribution in [3.63, 3.8) is 0 Å². The van der Waals surface area contributed by atoms with Crippen LogP contribution in [0.2, 0.25) is 0 Å². The number of ether oxygens (including phenoxy) is 13. The van der Waals surface area contributed by atoms with Gasteiger partial charge in [0.05, 0.1) is 152 Å². The van der Waals surface area contributed by atoms with E-state index in [2.05, 4.69) is 0 Å². The first-order valence-corrected chi connectivity index (χ1v) is 17.4. The molecule has 0 aromatic heterocycles. The van der Waals surface area contributed by atoms with Crippen LogP contribution in [0.5, 0.6) is 0 Å². The van der Waals surface area contributed by atoms with E-state index in [1.165, 1.54) is 13.3 Å². The van der Waals surface area contributed by atoms with Crippen LogP contribution >= 0.6 is 11.6 Å². The molecule has 0 heterocycles. The quantitative estimate of drug-likeness (QED) is 0.0522. The highest BCUT2D eigenvalue weighted by molar-refractivity contribution is 6.17. The van der Waals surface area contributed by atoms with E-state index in [0.29, 0.717) is 152 Å². The molecule has 0 rings (SSSR count). The van der Waals surface area contributed by atoms with Crippen LogP contribution in [-0.2, 0) is 66.4 Å². The summed E-state index contributed by atoms with van der Waals surface area (Å²) in [7, 11) is 0. The Kier molecular flexibility index (Phi) is 42.6. The summed E-state index contributed by atoms with van der Waals surface area (Å²) < 4.78 is 70.1. The Hall–Kier alpha value is -0.720. The third-order valence-electron chi connectivity index (χ3n) is 5.80. The monoisotopic (exact) mass is 706 g/mol. The zero-order valence-corrected chi connectivity index (χ0v) is 29.6. The number of alkyl halides is 1. The highest BCUT2D eigenvalue weighted by Crippen LogP contribution is 2.01. The van der Waals surface area contributed by atoms with Crippen LogP contribution in [0.1, 0.15) is 32.6 Å². The summed E-state index contributed by atoms with van der Waals surface area (Å²) in [6, 6.07) is 0. The van der Waals surface area contributed by atoms with Crippen molar-refractivity contribution in [1.29, 1.82) is 0 Å². The van der Waals surface area contributed by atoms with Crippen LogP contribution in [-0.4, -0.2) is 177 Å². The second kappa shape index (κ2) is 43.3. The molecule has 0 aliphatic rings. The maximum absolute atomic E-state index is 10.6. The molecule has 0 fully saturated rings. The molecule has 0 spiro atoms. The summed E-state index contributed by atoms with van der Waals surface area (Å²) in [5.74, 6) is 0.429. The summed E-state index contributed by atoms with van der Waals surface area (Å²) in [6.45, 7) is 14.0. The lowest BCUT2D eigenvalue weighted by Crippen LogP contribution is -2.15. The molecule has 47 heavy (non-hydrogen) atoms. The largest absolute Gasteiger partial charge is 0.463 e. The molecule has 0 aromatic carbocycles. The lowest BCUT2D eigenvalue weighted by molar-refractivity contribution is -0.142. The van der Waals surface area contributed by atoms with Crippen molar-refractivity contribution >= 4 is 17.6 Å². The fourth-order valence-electron chi connectivity index (χ4n) is 3.42. The third-order valence-corrected chi connectivity index (χ3v) is 6.06. The van der Waals surface area contributed by atoms with Crippen molar-refractivity contribution in [2.24, 2.45) is 0 Å². The van der Waals surface area contributed by atoms with Crippen LogP contribution < -0.4 is 0 Å². The third kappa shape index (κ3) is 45.3. The molecule has 0 radical (unpaired) electrons. The molecular weight excluding hydrogens is 644 g/mol. The van der Waals surface area contributed by atoms with E-state index in [0.717, 1.165) is 31.7 Å². The normalized spacial score (nSPS) is 11.4. The summed E-state index contributed by atoms with van der Waals surface area (Å²) in [5, 5.41) is 0. The summed E-state index contributed by atoms with van der Waals surface area (Å²) in [5.41, 5.74) is 0. The standard InChI is InChI=1S/C32H63ClO14/c1-32(34)47-31-30-46-29-28-45-27-26-44-25-24-43-23-22-42-21-20-41-19-18-40-17-16-39-15-14-38-13-12-37-11-10-36-9-8-35-7-5-3-2-4-6-33/h2-31H2,1H3. The van der Waals surface area contributed by atoms with Gasteiger partial charge in [0, 0.05) is 19.4 Å². The number of hydrogen-bond acceptors (Lipinski definition) is 14. The van der Waals surface area contributed by atoms with E-state index in [1.54, 1.807) is 0 Å². The highest BCUT2D eigenvalue weighted by Gasteiger charge is 1.97. The van der Waals surface area contributed by atoms with Crippen LogP contribution in [0, 0.1) is 0 Å². The molecule has 282 valence electrons. The van der Waals surface area contributed by atoms with Gasteiger partial charge < -0.3 is 61.6 Å². The molecule has 0 aromatic rings. The molecular formula is C32H63ClO14. The number of unbranched alkanes of at least 4 members (excludes halogenated alkanes) is 3. The Labute approximate surface area is 287 Å². The second-order valence-corrected chi connectivity index (χ2v) is 10.2. The number of halogens is 1.